The summed E-state index contributed by atoms with van der Waals surface area (Å²) in [5, 5.41) is 9.64. The Morgan fingerprint density at radius 2 is 0.905 bits per heavy atom. The average molecular weight is 875 g/mol. The van der Waals surface area contributed by atoms with Gasteiger partial charge in [-0.25, -0.2) is 4.79 Å². The Kier molecular flexibility index (Phi) is 41.3. The average Bonchev–Trinajstić information content (AvgIpc) is 3.24. The van der Waals surface area contributed by atoms with E-state index < -0.39 is 18.1 Å². The van der Waals surface area contributed by atoms with E-state index in [2.05, 4.69) is 135 Å². The molecule has 0 aliphatic carbocycles. The van der Waals surface area contributed by atoms with Crippen molar-refractivity contribution >= 4 is 17.9 Å². The van der Waals surface area contributed by atoms with E-state index in [-0.39, 0.29) is 49.1 Å². The lowest BCUT2D eigenvalue weighted by Gasteiger charge is -2.31. The number of rotatable bonds is 41. The lowest BCUT2D eigenvalue weighted by molar-refractivity contribution is -0.887. The largest absolute Gasteiger partial charge is 0.477 e. The molecule has 0 aliphatic rings. The zero-order valence-electron chi connectivity index (χ0n) is 40.2. The maximum Gasteiger partial charge on any atom is 0.362 e. The first kappa shape index (κ1) is 58.7. The van der Waals surface area contributed by atoms with Gasteiger partial charge < -0.3 is 23.8 Å². The summed E-state index contributed by atoms with van der Waals surface area (Å²) in [4.78, 5) is 37.1. The number of quaternary nitrogens is 1. The van der Waals surface area contributed by atoms with Crippen molar-refractivity contribution in [1.29, 1.82) is 0 Å². The number of nitrogens with zero attached hydrogens (tertiary/aromatic N) is 1. The van der Waals surface area contributed by atoms with E-state index in [1.807, 2.05) is 21.1 Å². The molecular weight excluding hydrogens is 787 g/mol. The SMILES string of the molecule is CC/C=C/C/C=C/C/C=C/C/C=C/C/C=C/C/C=C/CCCCCC(=O)OC(COCCC(C(=O)O)[N+](C)(C)C)COC(=O)CCC/C=C/C/C=C/C/C=C/C/C=C/CCCCC. The first-order chi connectivity index (χ1) is 30.6. The first-order valence-corrected chi connectivity index (χ1v) is 24.1. The summed E-state index contributed by atoms with van der Waals surface area (Å²) in [6, 6.07) is -0.638. The third-order valence-corrected chi connectivity index (χ3v) is 9.85. The summed E-state index contributed by atoms with van der Waals surface area (Å²) in [6.45, 7) is 4.47. The maximum atomic E-state index is 12.8. The number of carbonyl (C=O) groups excluding carboxylic acids is 2. The Balaban J connectivity index is 4.48. The van der Waals surface area contributed by atoms with Crippen molar-refractivity contribution in [3.8, 4) is 0 Å². The predicted octanol–water partition coefficient (Wildman–Crippen LogP) is 13.8. The molecule has 0 heterocycles. The molecule has 0 bridgehead atoms. The molecule has 0 spiro atoms. The number of hydrogen-bond donors (Lipinski definition) is 1. The Morgan fingerprint density at radius 1 is 0.492 bits per heavy atom. The highest BCUT2D eigenvalue weighted by molar-refractivity contribution is 5.72. The molecule has 8 heteroatoms. The second kappa shape index (κ2) is 44.3. The molecule has 2 unspecified atom stereocenters. The molecule has 0 aromatic carbocycles. The molecular formula is C55H88NO7+. The molecule has 8 nitrogen and oxygen atoms in total. The van der Waals surface area contributed by atoms with Crippen LogP contribution < -0.4 is 0 Å². The van der Waals surface area contributed by atoms with Gasteiger partial charge in [0.15, 0.2) is 12.1 Å². The van der Waals surface area contributed by atoms with Crippen LogP contribution in [0.15, 0.2) is 122 Å². The van der Waals surface area contributed by atoms with Crippen LogP contribution in [-0.2, 0) is 28.6 Å². The van der Waals surface area contributed by atoms with Crippen molar-refractivity contribution in [2.75, 3.05) is 41.0 Å². The number of aliphatic carboxylic acids is 1. The molecule has 0 fully saturated rings. The minimum absolute atomic E-state index is 0.0212. The van der Waals surface area contributed by atoms with E-state index in [1.165, 1.54) is 25.7 Å². The third kappa shape index (κ3) is 42.8. The van der Waals surface area contributed by atoms with E-state index in [0.29, 0.717) is 19.3 Å². The molecule has 354 valence electrons. The van der Waals surface area contributed by atoms with E-state index in [1.54, 1.807) is 0 Å². The monoisotopic (exact) mass is 875 g/mol. The lowest BCUT2D eigenvalue weighted by Crippen LogP contribution is -2.50. The van der Waals surface area contributed by atoms with Crippen molar-refractivity contribution in [3.05, 3.63) is 122 Å². The fourth-order valence-electron chi connectivity index (χ4n) is 6.14. The van der Waals surface area contributed by atoms with Gasteiger partial charge in [-0.1, -0.05) is 155 Å². The fraction of sp³-hybridized carbons (Fsp3) is 0.582. The highest BCUT2D eigenvalue weighted by atomic mass is 16.6. The Hall–Kier alpha value is -4.27. The molecule has 63 heavy (non-hydrogen) atoms. The predicted molar refractivity (Wildman–Crippen MR) is 265 cm³/mol. The number of esters is 2. The van der Waals surface area contributed by atoms with Crippen LogP contribution in [0.4, 0.5) is 0 Å². The van der Waals surface area contributed by atoms with E-state index >= 15 is 0 Å². The standard InChI is InChI=1S/C55H87NO7/c1-6-8-10-12-14-16-18-20-22-24-25-26-27-28-30-32-34-36-38-40-42-44-46-54(58)63-51(49-61-48-47-52(55(59)60)56(3,4)5)50-62-53(57)45-43-41-39-37-35-33-31-29-23-21-19-17-15-13-11-9-7-2/h8,10,14-17,20-23,25-26,28,30-31,33-34,36-37,39,51-52H,6-7,9,11-13,18-19,24,27,29,32,35,38,40-50H2,1-5H3/p+1/b10-8+,16-14+,17-15+,22-20+,23-21+,26-25+,30-28+,33-31+,36-34+,39-37+. The van der Waals surface area contributed by atoms with Crippen LogP contribution in [0, 0.1) is 0 Å². The van der Waals surface area contributed by atoms with Crippen LogP contribution in [0.1, 0.15) is 155 Å². The second-order valence-electron chi connectivity index (χ2n) is 16.6. The van der Waals surface area contributed by atoms with Crippen LogP contribution in [0.5, 0.6) is 0 Å². The van der Waals surface area contributed by atoms with Gasteiger partial charge in [-0.3, -0.25) is 9.59 Å². The molecule has 0 amide bonds. The second-order valence-corrected chi connectivity index (χ2v) is 16.6. The van der Waals surface area contributed by atoms with Crippen LogP contribution in [0.3, 0.4) is 0 Å². The number of unbranched alkanes of at least 4 members (excludes halogenated alkanes) is 7. The topological polar surface area (TPSA) is 99.1 Å². The number of hydrogen-bond acceptors (Lipinski definition) is 6. The van der Waals surface area contributed by atoms with E-state index in [4.69, 9.17) is 14.2 Å². The minimum Gasteiger partial charge on any atom is -0.477 e. The van der Waals surface area contributed by atoms with Crippen LogP contribution in [0.25, 0.3) is 0 Å². The molecule has 0 radical (unpaired) electrons. The van der Waals surface area contributed by atoms with Gasteiger partial charge in [0.2, 0.25) is 0 Å². The van der Waals surface area contributed by atoms with Gasteiger partial charge in [-0.15, -0.1) is 0 Å². The van der Waals surface area contributed by atoms with Crippen molar-refractivity contribution in [3.63, 3.8) is 0 Å². The first-order valence-electron chi connectivity index (χ1n) is 24.1. The summed E-state index contributed by atoms with van der Waals surface area (Å²) < 4.78 is 17.2. The van der Waals surface area contributed by atoms with Crippen LogP contribution >= 0.6 is 0 Å². The molecule has 1 N–H and O–H groups in total. The molecule has 0 saturated carbocycles. The van der Waals surface area contributed by atoms with Gasteiger partial charge in [0, 0.05) is 19.3 Å². The van der Waals surface area contributed by atoms with Crippen molar-refractivity contribution in [2.45, 2.75) is 167 Å². The number of allylic oxidation sites excluding steroid dienone is 20. The molecule has 2 atom stereocenters. The molecule has 0 saturated heterocycles. The zero-order chi connectivity index (χ0) is 46.3. The number of carboxylic acids is 1. The Bertz CT molecular complexity index is 1440. The quantitative estimate of drug-likeness (QED) is 0.0283. The third-order valence-electron chi connectivity index (χ3n) is 9.85. The number of carboxylic acid groups (broad SMARTS) is 1. The van der Waals surface area contributed by atoms with Gasteiger partial charge in [0.1, 0.15) is 6.61 Å². The number of ether oxygens (including phenoxy) is 3. The maximum absolute atomic E-state index is 12.8. The molecule has 0 aliphatic heterocycles. The Morgan fingerprint density at radius 3 is 1.33 bits per heavy atom. The van der Waals surface area contributed by atoms with Crippen molar-refractivity contribution < 1.29 is 38.2 Å². The summed E-state index contributed by atoms with van der Waals surface area (Å²) in [6.07, 6.45) is 62.5. The lowest BCUT2D eigenvalue weighted by atomic mass is 10.1. The van der Waals surface area contributed by atoms with Gasteiger partial charge in [0.05, 0.1) is 34.4 Å². The van der Waals surface area contributed by atoms with Gasteiger partial charge in [0.25, 0.3) is 0 Å². The summed E-state index contributed by atoms with van der Waals surface area (Å²) in [5.41, 5.74) is 0. The number of likely N-dealkylation sites (N-methyl/N-ethyl adjacent to an activating group) is 1. The smallest absolute Gasteiger partial charge is 0.362 e. The van der Waals surface area contributed by atoms with E-state index in [9.17, 15) is 19.5 Å². The highest BCUT2D eigenvalue weighted by Crippen LogP contribution is 2.11. The van der Waals surface area contributed by atoms with Gasteiger partial charge >= 0.3 is 17.9 Å². The van der Waals surface area contributed by atoms with Crippen LogP contribution in [-0.4, -0.2) is 80.6 Å². The normalized spacial score (nSPS) is 14.0. The molecule has 0 aromatic rings. The Labute approximate surface area is 384 Å². The summed E-state index contributed by atoms with van der Waals surface area (Å²) in [5.74, 6) is -1.60. The van der Waals surface area contributed by atoms with E-state index in [0.717, 1.165) is 83.5 Å². The van der Waals surface area contributed by atoms with Crippen LogP contribution in [0.2, 0.25) is 0 Å². The molecule has 0 aromatic heterocycles. The highest BCUT2D eigenvalue weighted by Gasteiger charge is 2.31. The minimum atomic E-state index is -0.894. The summed E-state index contributed by atoms with van der Waals surface area (Å²) in [7, 11) is 5.49. The van der Waals surface area contributed by atoms with Crippen molar-refractivity contribution in [1.82, 2.24) is 0 Å². The van der Waals surface area contributed by atoms with Gasteiger partial charge in [-0.2, -0.15) is 0 Å². The summed E-state index contributed by atoms with van der Waals surface area (Å²) >= 11 is 0. The van der Waals surface area contributed by atoms with Gasteiger partial charge in [-0.05, 0) is 103 Å². The fourth-order valence-corrected chi connectivity index (χ4v) is 6.14. The van der Waals surface area contributed by atoms with Crippen molar-refractivity contribution in [2.24, 2.45) is 0 Å². The zero-order valence-corrected chi connectivity index (χ0v) is 40.2. The molecule has 0 rings (SSSR count). The number of carbonyl (C=O) groups is 3.